The van der Waals surface area contributed by atoms with Crippen molar-refractivity contribution in [1.82, 2.24) is 10.2 Å². The molecule has 7 heteroatoms. The molecular weight excluding hydrogens is 372 g/mol. The fourth-order valence-electron chi connectivity index (χ4n) is 3.72. The number of nitrogens with zero attached hydrogens (tertiary/aromatic N) is 1. The number of esters is 1. The quantitative estimate of drug-likeness (QED) is 0.781. The SMILES string of the molecule is COC(=O)c1ccc(C2(NC(=O)[C@H]3CCCCN3C(=O)OC(C)(C)C)CC2)cc1. The van der Waals surface area contributed by atoms with Gasteiger partial charge >= 0.3 is 12.1 Å². The van der Waals surface area contributed by atoms with Crippen LogP contribution in [-0.4, -0.2) is 48.2 Å². The zero-order chi connectivity index (χ0) is 21.2. The molecule has 1 saturated carbocycles. The summed E-state index contributed by atoms with van der Waals surface area (Å²) in [7, 11) is 1.35. The number of likely N-dealkylation sites (tertiary alicyclic amines) is 1. The van der Waals surface area contributed by atoms with Crippen molar-refractivity contribution in [2.75, 3.05) is 13.7 Å². The van der Waals surface area contributed by atoms with E-state index in [0.717, 1.165) is 31.2 Å². The van der Waals surface area contributed by atoms with Gasteiger partial charge in [0.1, 0.15) is 11.6 Å². The average Bonchev–Trinajstić information content (AvgIpc) is 3.46. The largest absolute Gasteiger partial charge is 0.465 e. The van der Waals surface area contributed by atoms with Crippen molar-refractivity contribution in [3.05, 3.63) is 35.4 Å². The van der Waals surface area contributed by atoms with Crippen LogP contribution in [0.1, 0.15) is 68.8 Å². The first-order valence-corrected chi connectivity index (χ1v) is 10.2. The van der Waals surface area contributed by atoms with Crippen LogP contribution < -0.4 is 5.32 Å². The average molecular weight is 402 g/mol. The lowest BCUT2D eigenvalue weighted by Crippen LogP contribution is -2.54. The maximum absolute atomic E-state index is 13.1. The van der Waals surface area contributed by atoms with Crippen LogP contribution in [0.2, 0.25) is 0 Å². The number of piperidine rings is 1. The molecule has 29 heavy (non-hydrogen) atoms. The highest BCUT2D eigenvalue weighted by atomic mass is 16.6. The Balaban J connectivity index is 1.70. The van der Waals surface area contributed by atoms with Gasteiger partial charge in [-0.1, -0.05) is 12.1 Å². The highest BCUT2D eigenvalue weighted by molar-refractivity contribution is 5.89. The number of hydrogen-bond donors (Lipinski definition) is 1. The van der Waals surface area contributed by atoms with Gasteiger partial charge in [-0.15, -0.1) is 0 Å². The van der Waals surface area contributed by atoms with Crippen LogP contribution in [0.15, 0.2) is 24.3 Å². The summed E-state index contributed by atoms with van der Waals surface area (Å²) in [4.78, 5) is 38.9. The Morgan fingerprint density at radius 2 is 1.76 bits per heavy atom. The fourth-order valence-corrected chi connectivity index (χ4v) is 3.72. The summed E-state index contributed by atoms with van der Waals surface area (Å²) in [6.45, 7) is 5.98. The molecule has 7 nitrogen and oxygen atoms in total. The number of methoxy groups -OCH3 is 1. The van der Waals surface area contributed by atoms with Crippen molar-refractivity contribution in [3.63, 3.8) is 0 Å². The molecule has 2 aliphatic rings. The molecule has 1 heterocycles. The molecule has 1 N–H and O–H groups in total. The molecule has 1 aromatic rings. The standard InChI is InChI=1S/C22H30N2O5/c1-21(2,3)29-20(27)24-14-6-5-7-17(24)18(25)23-22(12-13-22)16-10-8-15(9-11-16)19(26)28-4/h8-11,17H,5-7,12-14H2,1-4H3,(H,23,25)/t17-/m1/s1. The van der Waals surface area contributed by atoms with E-state index in [2.05, 4.69) is 5.32 Å². The molecule has 3 rings (SSSR count). The smallest absolute Gasteiger partial charge is 0.410 e. The van der Waals surface area contributed by atoms with Gasteiger partial charge in [0.05, 0.1) is 18.2 Å². The molecule has 0 bridgehead atoms. The number of carbonyl (C=O) groups excluding carboxylic acids is 3. The molecule has 0 spiro atoms. The summed E-state index contributed by atoms with van der Waals surface area (Å²) in [6, 6.07) is 6.60. The van der Waals surface area contributed by atoms with Gasteiger partial charge in [-0.25, -0.2) is 9.59 Å². The Morgan fingerprint density at radius 3 is 2.31 bits per heavy atom. The van der Waals surface area contributed by atoms with E-state index in [1.54, 1.807) is 17.0 Å². The van der Waals surface area contributed by atoms with Gasteiger partial charge in [0.15, 0.2) is 0 Å². The number of nitrogens with one attached hydrogen (secondary N) is 1. The Bertz CT molecular complexity index is 777. The summed E-state index contributed by atoms with van der Waals surface area (Å²) in [6.07, 6.45) is 3.61. The molecule has 1 aliphatic carbocycles. The minimum atomic E-state index is -0.603. The fraction of sp³-hybridized carbons (Fsp3) is 0.591. The molecule has 0 unspecified atom stereocenters. The van der Waals surface area contributed by atoms with Gasteiger partial charge in [0.25, 0.3) is 0 Å². The van der Waals surface area contributed by atoms with Crippen molar-refractivity contribution >= 4 is 18.0 Å². The molecule has 2 fully saturated rings. The van der Waals surface area contributed by atoms with Crippen molar-refractivity contribution in [2.24, 2.45) is 0 Å². The van der Waals surface area contributed by atoms with Crippen molar-refractivity contribution in [3.8, 4) is 0 Å². The van der Waals surface area contributed by atoms with Crippen LogP contribution in [0, 0.1) is 0 Å². The first kappa shape index (κ1) is 21.1. The second-order valence-corrected chi connectivity index (χ2v) is 8.83. The second kappa shape index (κ2) is 8.05. The monoisotopic (exact) mass is 402 g/mol. The zero-order valence-corrected chi connectivity index (χ0v) is 17.6. The zero-order valence-electron chi connectivity index (χ0n) is 17.6. The van der Waals surface area contributed by atoms with Crippen LogP contribution in [0.5, 0.6) is 0 Å². The summed E-state index contributed by atoms with van der Waals surface area (Å²) in [5.74, 6) is -0.536. The lowest BCUT2D eigenvalue weighted by Gasteiger charge is -2.36. The normalized spacial score (nSPS) is 20.6. The lowest BCUT2D eigenvalue weighted by molar-refractivity contribution is -0.128. The molecule has 158 valence electrons. The van der Waals surface area contributed by atoms with Crippen LogP contribution >= 0.6 is 0 Å². The Morgan fingerprint density at radius 1 is 1.10 bits per heavy atom. The number of hydrogen-bond acceptors (Lipinski definition) is 5. The third-order valence-electron chi connectivity index (χ3n) is 5.40. The van der Waals surface area contributed by atoms with E-state index in [4.69, 9.17) is 9.47 Å². The molecule has 1 saturated heterocycles. The van der Waals surface area contributed by atoms with E-state index < -0.39 is 23.3 Å². The molecule has 2 amide bonds. The van der Waals surface area contributed by atoms with Gasteiger partial charge in [-0.05, 0) is 70.6 Å². The molecule has 0 radical (unpaired) electrons. The van der Waals surface area contributed by atoms with Crippen LogP contribution in [0.25, 0.3) is 0 Å². The van der Waals surface area contributed by atoms with Crippen LogP contribution in [0.3, 0.4) is 0 Å². The molecule has 1 aliphatic heterocycles. The minimum Gasteiger partial charge on any atom is -0.465 e. The van der Waals surface area contributed by atoms with Gasteiger partial charge in [0.2, 0.25) is 5.91 Å². The summed E-state index contributed by atoms with van der Waals surface area (Å²) < 4.78 is 10.2. The maximum Gasteiger partial charge on any atom is 0.410 e. The summed E-state index contributed by atoms with van der Waals surface area (Å²) in [5, 5.41) is 3.16. The number of amides is 2. The van der Waals surface area contributed by atoms with Gasteiger partial charge in [0, 0.05) is 6.54 Å². The maximum atomic E-state index is 13.1. The number of benzene rings is 1. The van der Waals surface area contributed by atoms with E-state index in [0.29, 0.717) is 18.5 Å². The molecule has 1 aromatic carbocycles. The highest BCUT2D eigenvalue weighted by Gasteiger charge is 2.47. The van der Waals surface area contributed by atoms with E-state index >= 15 is 0 Å². The lowest BCUT2D eigenvalue weighted by atomic mass is 9.99. The van der Waals surface area contributed by atoms with Gasteiger partial charge < -0.3 is 14.8 Å². The van der Waals surface area contributed by atoms with E-state index in [9.17, 15) is 14.4 Å². The topological polar surface area (TPSA) is 84.9 Å². The second-order valence-electron chi connectivity index (χ2n) is 8.83. The van der Waals surface area contributed by atoms with E-state index in [1.807, 2.05) is 32.9 Å². The molecular formula is C22H30N2O5. The number of rotatable bonds is 4. The number of carbonyl (C=O) groups is 3. The predicted octanol–water partition coefficient (Wildman–Crippen LogP) is 3.37. The molecule has 1 atom stereocenters. The first-order valence-electron chi connectivity index (χ1n) is 10.2. The Kier molecular flexibility index (Phi) is 5.87. The predicted molar refractivity (Wildman–Crippen MR) is 107 cm³/mol. The Hall–Kier alpha value is -2.57. The van der Waals surface area contributed by atoms with Crippen molar-refractivity contribution in [2.45, 2.75) is 70.1 Å². The van der Waals surface area contributed by atoms with E-state index in [-0.39, 0.29) is 11.9 Å². The van der Waals surface area contributed by atoms with Crippen LogP contribution in [-0.2, 0) is 19.8 Å². The molecule has 0 aromatic heterocycles. The summed E-state index contributed by atoms with van der Waals surface area (Å²) in [5.41, 5.74) is 0.400. The van der Waals surface area contributed by atoms with Gasteiger partial charge in [-0.3, -0.25) is 9.69 Å². The Labute approximate surface area is 171 Å². The first-order chi connectivity index (χ1) is 13.6. The van der Waals surface area contributed by atoms with Crippen molar-refractivity contribution in [1.29, 1.82) is 0 Å². The number of ether oxygens (including phenoxy) is 2. The van der Waals surface area contributed by atoms with Crippen LogP contribution in [0.4, 0.5) is 4.79 Å². The minimum absolute atomic E-state index is 0.148. The van der Waals surface area contributed by atoms with Crippen molar-refractivity contribution < 1.29 is 23.9 Å². The third-order valence-corrected chi connectivity index (χ3v) is 5.40. The third kappa shape index (κ3) is 4.89. The summed E-state index contributed by atoms with van der Waals surface area (Å²) >= 11 is 0. The van der Waals surface area contributed by atoms with E-state index in [1.165, 1.54) is 7.11 Å². The highest BCUT2D eigenvalue weighted by Crippen LogP contribution is 2.45. The van der Waals surface area contributed by atoms with Gasteiger partial charge in [-0.2, -0.15) is 0 Å².